The molecule has 0 fully saturated rings. The number of nitrogens with zero attached hydrogens (tertiary/aromatic N) is 5. The topological polar surface area (TPSA) is 78.0 Å². The van der Waals surface area contributed by atoms with Crippen molar-refractivity contribution in [1.82, 2.24) is 19.9 Å². The molecule has 1 aromatic heterocycles. The number of hydrogen-bond acceptors (Lipinski definition) is 5. The van der Waals surface area contributed by atoms with Gasteiger partial charge in [-0.1, -0.05) is 35.4 Å². The van der Waals surface area contributed by atoms with Crippen LogP contribution in [0.4, 0.5) is 0 Å². The van der Waals surface area contributed by atoms with Gasteiger partial charge in [0.05, 0.1) is 11.8 Å². The van der Waals surface area contributed by atoms with Crippen LogP contribution in [-0.2, 0) is 6.54 Å². The molecule has 1 heterocycles. The summed E-state index contributed by atoms with van der Waals surface area (Å²) in [5.41, 5.74) is 1.49. The van der Waals surface area contributed by atoms with Gasteiger partial charge in [-0.3, -0.25) is 4.90 Å². The molecule has 0 bridgehead atoms. The third-order valence-electron chi connectivity index (χ3n) is 3.10. The van der Waals surface area contributed by atoms with Gasteiger partial charge in [0.2, 0.25) is 0 Å². The smallest absolute Gasteiger partial charge is 0.256 e. The Kier molecular flexibility index (Phi) is 4.69. The summed E-state index contributed by atoms with van der Waals surface area (Å²) in [6.07, 6.45) is 0.460. The first-order valence-corrected chi connectivity index (χ1v) is 6.54. The van der Waals surface area contributed by atoms with Gasteiger partial charge in [0, 0.05) is 19.5 Å². The fourth-order valence-corrected chi connectivity index (χ4v) is 1.98. The van der Waals surface area contributed by atoms with Crippen molar-refractivity contribution < 1.29 is 5.11 Å². The molecule has 104 valence electrons. The monoisotopic (exact) mass is 271 g/mol. The zero-order valence-corrected chi connectivity index (χ0v) is 11.4. The molecule has 0 aliphatic carbocycles. The Bertz CT molecular complexity index is 587. The summed E-state index contributed by atoms with van der Waals surface area (Å²) in [6, 6.07) is 11.7. The van der Waals surface area contributed by atoms with E-state index in [-0.39, 0.29) is 5.88 Å². The molecule has 0 unspecified atom stereocenters. The molecule has 0 atom stereocenters. The number of rotatable bonds is 6. The second kappa shape index (κ2) is 6.68. The first-order valence-electron chi connectivity index (χ1n) is 6.54. The van der Waals surface area contributed by atoms with E-state index in [1.54, 1.807) is 4.68 Å². The molecule has 20 heavy (non-hydrogen) atoms. The highest BCUT2D eigenvalue weighted by molar-refractivity contribution is 5.34. The van der Waals surface area contributed by atoms with Crippen LogP contribution in [-0.4, -0.2) is 38.1 Å². The van der Waals surface area contributed by atoms with E-state index >= 15 is 0 Å². The summed E-state index contributed by atoms with van der Waals surface area (Å²) < 4.78 is 1.63. The van der Waals surface area contributed by atoms with E-state index in [9.17, 15) is 5.11 Å². The molecule has 6 nitrogen and oxygen atoms in total. The molecular formula is C14H17N5O. The summed E-state index contributed by atoms with van der Waals surface area (Å²) in [5.74, 6) is -0.0655. The summed E-state index contributed by atoms with van der Waals surface area (Å²) in [6.45, 7) is 3.98. The maximum absolute atomic E-state index is 9.88. The quantitative estimate of drug-likeness (QED) is 0.865. The van der Waals surface area contributed by atoms with Gasteiger partial charge in [-0.2, -0.15) is 5.26 Å². The van der Waals surface area contributed by atoms with E-state index in [2.05, 4.69) is 21.3 Å². The fraction of sp³-hybridized carbons (Fsp3) is 0.357. The van der Waals surface area contributed by atoms with Gasteiger partial charge in [0.1, 0.15) is 5.69 Å². The van der Waals surface area contributed by atoms with Crippen LogP contribution in [0.3, 0.4) is 0 Å². The Labute approximate surface area is 117 Å². The second-order valence-corrected chi connectivity index (χ2v) is 4.38. The lowest BCUT2D eigenvalue weighted by Gasteiger charge is -2.19. The largest absolute Gasteiger partial charge is 0.491 e. The summed E-state index contributed by atoms with van der Waals surface area (Å²) in [5, 5.41) is 26.3. The average molecular weight is 271 g/mol. The van der Waals surface area contributed by atoms with Gasteiger partial charge >= 0.3 is 0 Å². The SMILES string of the molecule is CCN(CCC#N)Cc1c(O)nnn1-c1ccccc1. The molecule has 6 heteroatoms. The third kappa shape index (κ3) is 3.13. The summed E-state index contributed by atoms with van der Waals surface area (Å²) in [7, 11) is 0. The zero-order chi connectivity index (χ0) is 14.4. The van der Waals surface area contributed by atoms with E-state index in [4.69, 9.17) is 5.26 Å². The van der Waals surface area contributed by atoms with Gasteiger partial charge in [0.25, 0.3) is 5.88 Å². The van der Waals surface area contributed by atoms with Gasteiger partial charge in [-0.05, 0) is 18.7 Å². The van der Waals surface area contributed by atoms with Gasteiger partial charge in [0.15, 0.2) is 0 Å². The number of aromatic hydroxyl groups is 1. The van der Waals surface area contributed by atoms with Crippen LogP contribution in [0, 0.1) is 11.3 Å². The molecule has 1 aromatic carbocycles. The predicted octanol–water partition coefficient (Wildman–Crippen LogP) is 1.71. The van der Waals surface area contributed by atoms with Crippen LogP contribution in [0.25, 0.3) is 5.69 Å². The van der Waals surface area contributed by atoms with Crippen molar-refractivity contribution in [1.29, 1.82) is 5.26 Å². The van der Waals surface area contributed by atoms with Crippen LogP contribution in [0.2, 0.25) is 0 Å². The molecule has 0 aliphatic heterocycles. The maximum atomic E-state index is 9.88. The molecule has 0 spiro atoms. The number of benzene rings is 1. The minimum absolute atomic E-state index is 0.0655. The van der Waals surface area contributed by atoms with Crippen LogP contribution < -0.4 is 0 Å². The predicted molar refractivity (Wildman–Crippen MR) is 74.2 cm³/mol. The first-order chi connectivity index (χ1) is 9.76. The van der Waals surface area contributed by atoms with Crippen LogP contribution in [0.15, 0.2) is 30.3 Å². The lowest BCUT2D eigenvalue weighted by molar-refractivity contribution is 0.276. The highest BCUT2D eigenvalue weighted by atomic mass is 16.3. The molecule has 0 aliphatic rings. The minimum atomic E-state index is -0.0655. The number of hydrogen-bond donors (Lipinski definition) is 1. The molecular weight excluding hydrogens is 254 g/mol. The standard InChI is InChI=1S/C14H17N5O/c1-2-18(10-6-9-15)11-13-14(20)16-17-19(13)12-7-4-3-5-8-12/h3-5,7-8,20H,2,6,10-11H2,1H3. The Balaban J connectivity index is 2.24. The first kappa shape index (κ1) is 14.0. The number of nitriles is 1. The average Bonchev–Trinajstić information content (AvgIpc) is 2.85. The highest BCUT2D eigenvalue weighted by Crippen LogP contribution is 2.19. The molecule has 1 N–H and O–H groups in total. The van der Waals surface area contributed by atoms with E-state index < -0.39 is 0 Å². The summed E-state index contributed by atoms with van der Waals surface area (Å²) in [4.78, 5) is 2.07. The third-order valence-corrected chi connectivity index (χ3v) is 3.10. The Hall–Kier alpha value is -2.39. The van der Waals surface area contributed by atoms with Crippen molar-refractivity contribution in [2.75, 3.05) is 13.1 Å². The van der Waals surface area contributed by atoms with Crippen molar-refractivity contribution >= 4 is 0 Å². The van der Waals surface area contributed by atoms with Gasteiger partial charge in [-0.15, -0.1) is 0 Å². The number of aromatic nitrogens is 3. The fourth-order valence-electron chi connectivity index (χ4n) is 1.98. The molecule has 0 radical (unpaired) electrons. The molecule has 2 rings (SSSR count). The highest BCUT2D eigenvalue weighted by Gasteiger charge is 2.16. The molecule has 0 amide bonds. The van der Waals surface area contributed by atoms with E-state index in [0.29, 0.717) is 25.2 Å². The normalized spacial score (nSPS) is 10.7. The van der Waals surface area contributed by atoms with Crippen LogP contribution in [0.1, 0.15) is 19.0 Å². The minimum Gasteiger partial charge on any atom is -0.491 e. The van der Waals surface area contributed by atoms with Crippen LogP contribution in [0.5, 0.6) is 5.88 Å². The van der Waals surface area contributed by atoms with E-state index in [1.807, 2.05) is 37.3 Å². The van der Waals surface area contributed by atoms with Crippen molar-refractivity contribution in [2.24, 2.45) is 0 Å². The Morgan fingerprint density at radius 1 is 1.35 bits per heavy atom. The Morgan fingerprint density at radius 2 is 2.10 bits per heavy atom. The van der Waals surface area contributed by atoms with Gasteiger partial charge in [-0.25, -0.2) is 4.68 Å². The van der Waals surface area contributed by atoms with E-state index in [0.717, 1.165) is 12.2 Å². The van der Waals surface area contributed by atoms with E-state index in [1.165, 1.54) is 0 Å². The van der Waals surface area contributed by atoms with Crippen molar-refractivity contribution in [3.63, 3.8) is 0 Å². The second-order valence-electron chi connectivity index (χ2n) is 4.38. The summed E-state index contributed by atoms with van der Waals surface area (Å²) >= 11 is 0. The van der Waals surface area contributed by atoms with Crippen molar-refractivity contribution in [3.8, 4) is 17.6 Å². The van der Waals surface area contributed by atoms with Gasteiger partial charge < -0.3 is 5.11 Å². The maximum Gasteiger partial charge on any atom is 0.256 e. The van der Waals surface area contributed by atoms with Crippen molar-refractivity contribution in [3.05, 3.63) is 36.0 Å². The lowest BCUT2D eigenvalue weighted by Crippen LogP contribution is -2.25. The Morgan fingerprint density at radius 3 is 2.75 bits per heavy atom. The molecule has 2 aromatic rings. The van der Waals surface area contributed by atoms with Crippen molar-refractivity contribution in [2.45, 2.75) is 19.9 Å². The number of para-hydroxylation sites is 1. The van der Waals surface area contributed by atoms with Crippen LogP contribution >= 0.6 is 0 Å². The zero-order valence-electron chi connectivity index (χ0n) is 11.4. The molecule has 0 saturated heterocycles. The lowest BCUT2D eigenvalue weighted by atomic mass is 10.3. The molecule has 0 saturated carbocycles.